The molecule has 0 saturated carbocycles. The predicted molar refractivity (Wildman–Crippen MR) is 72.8 cm³/mol. The molecular formula is C15H17NO2. The van der Waals surface area contributed by atoms with Crippen molar-refractivity contribution < 1.29 is 4.74 Å². The molecule has 0 aliphatic heterocycles. The molecule has 0 fully saturated rings. The largest absolute Gasteiger partial charge is 0.493 e. The summed E-state index contributed by atoms with van der Waals surface area (Å²) in [5.41, 5.74) is 1.66. The quantitative estimate of drug-likeness (QED) is 0.896. The summed E-state index contributed by atoms with van der Waals surface area (Å²) in [6, 6.07) is 12.9. The van der Waals surface area contributed by atoms with Gasteiger partial charge in [0, 0.05) is 17.3 Å². The SMILES string of the molecule is CC(C)COc1cccc(-c2cccc(=O)[nH]2)c1. The molecule has 94 valence electrons. The number of benzene rings is 1. The van der Waals surface area contributed by atoms with Gasteiger partial charge in [-0.2, -0.15) is 0 Å². The van der Waals surface area contributed by atoms with Crippen molar-refractivity contribution in [1.82, 2.24) is 4.98 Å². The fourth-order valence-corrected chi connectivity index (χ4v) is 1.63. The number of hydrogen-bond donors (Lipinski definition) is 1. The van der Waals surface area contributed by atoms with E-state index in [9.17, 15) is 4.79 Å². The van der Waals surface area contributed by atoms with E-state index in [1.807, 2.05) is 30.3 Å². The van der Waals surface area contributed by atoms with Crippen LogP contribution in [0.25, 0.3) is 11.3 Å². The Hall–Kier alpha value is -2.03. The second kappa shape index (κ2) is 5.54. The molecule has 0 bridgehead atoms. The number of ether oxygens (including phenoxy) is 1. The Morgan fingerprint density at radius 2 is 1.94 bits per heavy atom. The van der Waals surface area contributed by atoms with E-state index in [-0.39, 0.29) is 5.56 Å². The molecule has 1 N–H and O–H groups in total. The molecule has 0 unspecified atom stereocenters. The van der Waals surface area contributed by atoms with Crippen molar-refractivity contribution in [3.8, 4) is 17.0 Å². The Balaban J connectivity index is 2.24. The zero-order chi connectivity index (χ0) is 13.0. The second-order valence-corrected chi connectivity index (χ2v) is 4.66. The summed E-state index contributed by atoms with van der Waals surface area (Å²) >= 11 is 0. The van der Waals surface area contributed by atoms with Gasteiger partial charge in [0.25, 0.3) is 0 Å². The second-order valence-electron chi connectivity index (χ2n) is 4.66. The Morgan fingerprint density at radius 3 is 2.67 bits per heavy atom. The van der Waals surface area contributed by atoms with Crippen LogP contribution in [-0.2, 0) is 0 Å². The lowest BCUT2D eigenvalue weighted by molar-refractivity contribution is 0.271. The molecule has 0 aliphatic carbocycles. The Bertz CT molecular complexity index is 572. The van der Waals surface area contributed by atoms with E-state index in [2.05, 4.69) is 18.8 Å². The maximum Gasteiger partial charge on any atom is 0.248 e. The number of pyridine rings is 1. The van der Waals surface area contributed by atoms with Gasteiger partial charge in [0.1, 0.15) is 5.75 Å². The molecule has 18 heavy (non-hydrogen) atoms. The number of aromatic nitrogens is 1. The minimum absolute atomic E-state index is 0.0963. The van der Waals surface area contributed by atoms with Gasteiger partial charge in [-0.05, 0) is 24.1 Å². The van der Waals surface area contributed by atoms with Gasteiger partial charge in [0.15, 0.2) is 0 Å². The van der Waals surface area contributed by atoms with Gasteiger partial charge in [-0.1, -0.05) is 32.0 Å². The van der Waals surface area contributed by atoms with Gasteiger partial charge < -0.3 is 9.72 Å². The zero-order valence-electron chi connectivity index (χ0n) is 10.6. The molecule has 0 radical (unpaired) electrons. The van der Waals surface area contributed by atoms with E-state index in [1.165, 1.54) is 6.07 Å². The topological polar surface area (TPSA) is 42.1 Å². The third kappa shape index (κ3) is 3.23. The van der Waals surface area contributed by atoms with Gasteiger partial charge in [-0.3, -0.25) is 4.79 Å². The molecule has 1 heterocycles. The van der Waals surface area contributed by atoms with Crippen molar-refractivity contribution in [1.29, 1.82) is 0 Å². The third-order valence-electron chi connectivity index (χ3n) is 2.50. The van der Waals surface area contributed by atoms with Crippen LogP contribution >= 0.6 is 0 Å². The highest BCUT2D eigenvalue weighted by Crippen LogP contribution is 2.21. The number of rotatable bonds is 4. The maximum atomic E-state index is 11.3. The maximum absolute atomic E-state index is 11.3. The zero-order valence-corrected chi connectivity index (χ0v) is 10.6. The highest BCUT2D eigenvalue weighted by molar-refractivity contribution is 5.60. The van der Waals surface area contributed by atoms with E-state index in [0.29, 0.717) is 12.5 Å². The van der Waals surface area contributed by atoms with Crippen LogP contribution in [0.3, 0.4) is 0 Å². The smallest absolute Gasteiger partial charge is 0.248 e. The normalized spacial score (nSPS) is 10.6. The van der Waals surface area contributed by atoms with Gasteiger partial charge in [0.2, 0.25) is 5.56 Å². The Kier molecular flexibility index (Phi) is 3.82. The average Bonchev–Trinajstić information content (AvgIpc) is 2.37. The fraction of sp³-hybridized carbons (Fsp3) is 0.267. The van der Waals surface area contributed by atoms with Crippen LogP contribution < -0.4 is 10.3 Å². The molecule has 1 aromatic heterocycles. The summed E-state index contributed by atoms with van der Waals surface area (Å²) in [5, 5.41) is 0. The molecule has 3 heteroatoms. The Morgan fingerprint density at radius 1 is 1.17 bits per heavy atom. The van der Waals surface area contributed by atoms with E-state index in [1.54, 1.807) is 6.07 Å². The lowest BCUT2D eigenvalue weighted by Gasteiger charge is -2.09. The third-order valence-corrected chi connectivity index (χ3v) is 2.50. The summed E-state index contributed by atoms with van der Waals surface area (Å²) in [4.78, 5) is 14.1. The first-order valence-corrected chi connectivity index (χ1v) is 6.08. The van der Waals surface area contributed by atoms with E-state index >= 15 is 0 Å². The molecule has 0 spiro atoms. The van der Waals surface area contributed by atoms with Crippen molar-refractivity contribution >= 4 is 0 Å². The van der Waals surface area contributed by atoms with Gasteiger partial charge in [0.05, 0.1) is 6.61 Å². The summed E-state index contributed by atoms with van der Waals surface area (Å²) in [6.45, 7) is 4.91. The first-order chi connectivity index (χ1) is 8.65. The minimum Gasteiger partial charge on any atom is -0.493 e. The number of aromatic amines is 1. The van der Waals surface area contributed by atoms with Crippen LogP contribution in [0.5, 0.6) is 5.75 Å². The van der Waals surface area contributed by atoms with Crippen molar-refractivity contribution in [3.05, 3.63) is 52.8 Å². The summed E-state index contributed by atoms with van der Waals surface area (Å²) < 4.78 is 5.67. The van der Waals surface area contributed by atoms with Crippen LogP contribution in [0.4, 0.5) is 0 Å². The summed E-state index contributed by atoms with van der Waals surface area (Å²) in [5.74, 6) is 1.32. The standard InChI is InChI=1S/C15H17NO2/c1-11(2)10-18-13-6-3-5-12(9-13)14-7-4-8-15(17)16-14/h3-9,11H,10H2,1-2H3,(H,16,17). The molecule has 0 saturated heterocycles. The van der Waals surface area contributed by atoms with E-state index < -0.39 is 0 Å². The first kappa shape index (κ1) is 12.4. The van der Waals surface area contributed by atoms with Crippen molar-refractivity contribution in [3.63, 3.8) is 0 Å². The molecule has 1 aromatic carbocycles. The molecular weight excluding hydrogens is 226 g/mol. The number of H-pyrrole nitrogens is 1. The van der Waals surface area contributed by atoms with Crippen LogP contribution in [0, 0.1) is 5.92 Å². The monoisotopic (exact) mass is 243 g/mol. The molecule has 0 amide bonds. The average molecular weight is 243 g/mol. The Labute approximate surface area is 106 Å². The van der Waals surface area contributed by atoms with Crippen LogP contribution in [-0.4, -0.2) is 11.6 Å². The highest BCUT2D eigenvalue weighted by Gasteiger charge is 2.01. The fourth-order valence-electron chi connectivity index (χ4n) is 1.63. The molecule has 0 atom stereocenters. The van der Waals surface area contributed by atoms with Crippen LogP contribution in [0.2, 0.25) is 0 Å². The summed E-state index contributed by atoms with van der Waals surface area (Å²) in [6.07, 6.45) is 0. The predicted octanol–water partition coefficient (Wildman–Crippen LogP) is 3.08. The molecule has 2 rings (SSSR count). The molecule has 3 nitrogen and oxygen atoms in total. The van der Waals surface area contributed by atoms with Crippen LogP contribution in [0.15, 0.2) is 47.3 Å². The van der Waals surface area contributed by atoms with Crippen molar-refractivity contribution in [2.45, 2.75) is 13.8 Å². The highest BCUT2D eigenvalue weighted by atomic mass is 16.5. The lowest BCUT2D eigenvalue weighted by Crippen LogP contribution is -2.05. The number of hydrogen-bond acceptors (Lipinski definition) is 2. The van der Waals surface area contributed by atoms with Gasteiger partial charge >= 0.3 is 0 Å². The van der Waals surface area contributed by atoms with Gasteiger partial charge in [-0.15, -0.1) is 0 Å². The van der Waals surface area contributed by atoms with Crippen LogP contribution in [0.1, 0.15) is 13.8 Å². The number of nitrogens with one attached hydrogen (secondary N) is 1. The van der Waals surface area contributed by atoms with Crippen molar-refractivity contribution in [2.24, 2.45) is 5.92 Å². The molecule has 2 aromatic rings. The summed E-state index contributed by atoms with van der Waals surface area (Å²) in [7, 11) is 0. The molecule has 0 aliphatic rings. The van der Waals surface area contributed by atoms with Crippen molar-refractivity contribution in [2.75, 3.05) is 6.61 Å². The van der Waals surface area contributed by atoms with Gasteiger partial charge in [-0.25, -0.2) is 0 Å². The van der Waals surface area contributed by atoms with E-state index in [4.69, 9.17) is 4.74 Å². The first-order valence-electron chi connectivity index (χ1n) is 6.08. The minimum atomic E-state index is -0.0963. The lowest BCUT2D eigenvalue weighted by atomic mass is 10.1. The van der Waals surface area contributed by atoms with E-state index in [0.717, 1.165) is 17.0 Å².